The monoisotopic (exact) mass is 314 g/mol. The summed E-state index contributed by atoms with van der Waals surface area (Å²) in [7, 11) is 0. The highest BCUT2D eigenvalue weighted by Crippen LogP contribution is 2.26. The van der Waals surface area contributed by atoms with Crippen LogP contribution in [-0.4, -0.2) is 28.0 Å². The highest BCUT2D eigenvalue weighted by atomic mass is 16.4. The van der Waals surface area contributed by atoms with Gasteiger partial charge in [0.1, 0.15) is 0 Å². The average molecular weight is 314 g/mol. The summed E-state index contributed by atoms with van der Waals surface area (Å²) in [5, 5.41) is 13.2. The maximum absolute atomic E-state index is 12.3. The first kappa shape index (κ1) is 15.6. The Balaban J connectivity index is 1.72. The summed E-state index contributed by atoms with van der Waals surface area (Å²) in [6.45, 7) is 2.11. The molecular formula is C18H22N2O3. The van der Waals surface area contributed by atoms with Gasteiger partial charge in [0.2, 0.25) is 5.91 Å². The van der Waals surface area contributed by atoms with Gasteiger partial charge in [-0.25, -0.2) is 0 Å². The number of aromatic nitrogens is 1. The van der Waals surface area contributed by atoms with Crippen LogP contribution in [0.1, 0.15) is 37.3 Å². The molecular weight excluding hydrogens is 292 g/mol. The van der Waals surface area contributed by atoms with E-state index in [9.17, 15) is 14.7 Å². The minimum absolute atomic E-state index is 0.106. The summed E-state index contributed by atoms with van der Waals surface area (Å²) < 4.78 is 0. The highest BCUT2D eigenvalue weighted by Gasteiger charge is 2.33. The predicted molar refractivity (Wildman–Crippen MR) is 88.3 cm³/mol. The third-order valence-corrected chi connectivity index (χ3v) is 4.80. The van der Waals surface area contributed by atoms with Crippen LogP contribution in [0.25, 0.3) is 10.9 Å². The summed E-state index contributed by atoms with van der Waals surface area (Å²) in [5.74, 6) is -1.37. The quantitative estimate of drug-likeness (QED) is 0.793. The molecule has 1 fully saturated rings. The van der Waals surface area contributed by atoms with E-state index in [0.29, 0.717) is 6.42 Å². The molecule has 2 aromatic rings. The van der Waals surface area contributed by atoms with Gasteiger partial charge in [-0.05, 0) is 30.4 Å². The van der Waals surface area contributed by atoms with E-state index >= 15 is 0 Å². The number of carboxylic acid groups (broad SMARTS) is 1. The number of carbonyl (C=O) groups excluding carboxylic acids is 1. The summed E-state index contributed by atoms with van der Waals surface area (Å²) in [6.07, 6.45) is 5.34. The maximum atomic E-state index is 12.3. The van der Waals surface area contributed by atoms with Crippen LogP contribution in [0.15, 0.2) is 24.4 Å². The number of fused-ring (bicyclic) bond motifs is 1. The van der Waals surface area contributed by atoms with Gasteiger partial charge in [0.15, 0.2) is 0 Å². The van der Waals surface area contributed by atoms with E-state index in [1.54, 1.807) is 0 Å². The molecule has 1 heterocycles. The van der Waals surface area contributed by atoms with Crippen LogP contribution < -0.4 is 5.32 Å². The average Bonchev–Trinajstić information content (AvgIpc) is 3.14. The van der Waals surface area contributed by atoms with E-state index in [1.165, 1.54) is 5.56 Å². The number of rotatable bonds is 5. The van der Waals surface area contributed by atoms with Crippen LogP contribution in [0.4, 0.5) is 0 Å². The van der Waals surface area contributed by atoms with Crippen molar-refractivity contribution < 1.29 is 14.7 Å². The first-order chi connectivity index (χ1) is 11.1. The molecule has 5 heteroatoms. The number of nitrogens with one attached hydrogen (secondary N) is 2. The van der Waals surface area contributed by atoms with Crippen molar-refractivity contribution in [2.24, 2.45) is 5.92 Å². The SMILES string of the molecule is CCc1cccc2c(CC(=O)N[C@@H]3CCC[C@@H]3C(=O)O)c[nH]c12. The molecule has 2 atom stereocenters. The van der Waals surface area contributed by atoms with Crippen LogP contribution in [0.2, 0.25) is 0 Å². The molecule has 5 nitrogen and oxygen atoms in total. The third kappa shape index (κ3) is 3.09. The Morgan fingerprint density at radius 2 is 2.13 bits per heavy atom. The number of aromatic amines is 1. The summed E-state index contributed by atoms with van der Waals surface area (Å²) in [4.78, 5) is 26.8. The fraction of sp³-hybridized carbons (Fsp3) is 0.444. The van der Waals surface area contributed by atoms with Crippen LogP contribution in [0.3, 0.4) is 0 Å². The Bertz CT molecular complexity index is 735. The summed E-state index contributed by atoms with van der Waals surface area (Å²) >= 11 is 0. The minimum Gasteiger partial charge on any atom is -0.481 e. The number of carbonyl (C=O) groups is 2. The van der Waals surface area contributed by atoms with Crippen molar-refractivity contribution in [3.8, 4) is 0 Å². The first-order valence-electron chi connectivity index (χ1n) is 8.20. The van der Waals surface area contributed by atoms with Crippen LogP contribution >= 0.6 is 0 Å². The number of para-hydroxylation sites is 1. The van der Waals surface area contributed by atoms with Gasteiger partial charge in [-0.1, -0.05) is 31.5 Å². The lowest BCUT2D eigenvalue weighted by Gasteiger charge is -2.17. The molecule has 0 aliphatic heterocycles. The highest BCUT2D eigenvalue weighted by molar-refractivity contribution is 5.90. The Labute approximate surface area is 135 Å². The zero-order valence-electron chi connectivity index (χ0n) is 13.3. The van der Waals surface area contributed by atoms with Gasteiger partial charge >= 0.3 is 5.97 Å². The zero-order chi connectivity index (χ0) is 16.4. The van der Waals surface area contributed by atoms with Gasteiger partial charge in [0, 0.05) is 23.1 Å². The lowest BCUT2D eigenvalue weighted by Crippen LogP contribution is -2.40. The van der Waals surface area contributed by atoms with Gasteiger partial charge < -0.3 is 15.4 Å². The number of H-pyrrole nitrogens is 1. The number of amides is 1. The van der Waals surface area contributed by atoms with Gasteiger partial charge in [0.25, 0.3) is 0 Å². The zero-order valence-corrected chi connectivity index (χ0v) is 13.3. The lowest BCUT2D eigenvalue weighted by atomic mass is 10.0. The van der Waals surface area contributed by atoms with Crippen LogP contribution in [0, 0.1) is 5.92 Å². The molecule has 1 aliphatic rings. The maximum Gasteiger partial charge on any atom is 0.308 e. The Morgan fingerprint density at radius 3 is 2.87 bits per heavy atom. The lowest BCUT2D eigenvalue weighted by molar-refractivity contribution is -0.142. The molecule has 1 aliphatic carbocycles. The standard InChI is InChI=1S/C18H22N2O3/c1-2-11-5-3-6-13-12(10-19-17(11)13)9-16(21)20-15-8-4-7-14(15)18(22)23/h3,5-6,10,14-15,19H,2,4,7-9H2,1H3,(H,20,21)(H,22,23)/t14-,15+/m0/s1. The van der Waals surface area contributed by atoms with Crippen molar-refractivity contribution in [2.75, 3.05) is 0 Å². The molecule has 1 saturated carbocycles. The number of carboxylic acids is 1. The Kier molecular flexibility index (Phi) is 4.37. The third-order valence-electron chi connectivity index (χ3n) is 4.80. The normalized spacial score (nSPS) is 20.7. The molecule has 0 unspecified atom stereocenters. The number of hydrogen-bond donors (Lipinski definition) is 3. The fourth-order valence-electron chi connectivity index (χ4n) is 3.58. The van der Waals surface area contributed by atoms with E-state index in [1.807, 2.05) is 18.3 Å². The molecule has 1 aromatic heterocycles. The fourth-order valence-corrected chi connectivity index (χ4v) is 3.58. The van der Waals surface area contributed by atoms with Crippen LogP contribution in [-0.2, 0) is 22.4 Å². The number of aliphatic carboxylic acids is 1. The molecule has 1 aromatic carbocycles. The molecule has 1 amide bonds. The Hall–Kier alpha value is -2.30. The van der Waals surface area contributed by atoms with E-state index in [2.05, 4.69) is 23.3 Å². The van der Waals surface area contributed by atoms with Gasteiger partial charge in [-0.2, -0.15) is 0 Å². The van der Waals surface area contributed by atoms with E-state index in [4.69, 9.17) is 0 Å². The molecule has 0 bridgehead atoms. The summed E-state index contributed by atoms with van der Waals surface area (Å²) in [5.41, 5.74) is 3.27. The van der Waals surface area contributed by atoms with E-state index in [0.717, 1.165) is 35.7 Å². The smallest absolute Gasteiger partial charge is 0.308 e. The molecule has 0 saturated heterocycles. The first-order valence-corrected chi connectivity index (χ1v) is 8.20. The molecule has 3 N–H and O–H groups in total. The van der Waals surface area contributed by atoms with Crippen LogP contribution in [0.5, 0.6) is 0 Å². The minimum atomic E-state index is -0.813. The van der Waals surface area contributed by atoms with E-state index < -0.39 is 11.9 Å². The van der Waals surface area contributed by atoms with E-state index in [-0.39, 0.29) is 18.4 Å². The second kappa shape index (κ2) is 6.44. The van der Waals surface area contributed by atoms with Gasteiger partial charge in [-0.15, -0.1) is 0 Å². The number of hydrogen-bond acceptors (Lipinski definition) is 2. The predicted octanol–water partition coefficient (Wildman–Crippen LogP) is 2.64. The van der Waals surface area contributed by atoms with Crippen molar-refractivity contribution in [3.05, 3.63) is 35.5 Å². The molecule has 122 valence electrons. The molecule has 3 rings (SSSR count). The van der Waals surface area contributed by atoms with Crippen molar-refractivity contribution in [1.82, 2.24) is 10.3 Å². The summed E-state index contributed by atoms with van der Waals surface area (Å²) in [6, 6.07) is 5.87. The molecule has 23 heavy (non-hydrogen) atoms. The number of benzene rings is 1. The molecule has 0 spiro atoms. The van der Waals surface area contributed by atoms with Crippen molar-refractivity contribution in [3.63, 3.8) is 0 Å². The molecule has 0 radical (unpaired) electrons. The van der Waals surface area contributed by atoms with Crippen molar-refractivity contribution >= 4 is 22.8 Å². The van der Waals surface area contributed by atoms with Gasteiger partial charge in [-0.3, -0.25) is 9.59 Å². The second-order valence-electron chi connectivity index (χ2n) is 6.23. The van der Waals surface area contributed by atoms with Crippen molar-refractivity contribution in [2.45, 2.75) is 45.1 Å². The van der Waals surface area contributed by atoms with Gasteiger partial charge in [0.05, 0.1) is 12.3 Å². The largest absolute Gasteiger partial charge is 0.481 e. The topological polar surface area (TPSA) is 82.2 Å². The Morgan fingerprint density at radius 1 is 1.30 bits per heavy atom. The van der Waals surface area contributed by atoms with Crippen molar-refractivity contribution in [1.29, 1.82) is 0 Å². The second-order valence-corrected chi connectivity index (χ2v) is 6.23. The number of aryl methyl sites for hydroxylation is 1.